The first-order chi connectivity index (χ1) is 11.3. The number of ether oxygens (including phenoxy) is 2. The first-order valence-electron chi connectivity index (χ1n) is 9.37. The zero-order valence-electron chi connectivity index (χ0n) is 15.0. The number of rotatable bonds is 14. The third-order valence-corrected chi connectivity index (χ3v) is 3.97. The van der Waals surface area contributed by atoms with E-state index in [0.717, 1.165) is 12.8 Å². The van der Waals surface area contributed by atoms with Crippen LogP contribution in [0.4, 0.5) is 0 Å². The Morgan fingerprint density at radius 2 is 1.13 bits per heavy atom. The molecule has 3 nitrogen and oxygen atoms in total. The largest absolute Gasteiger partial charge is 0.502 e. The molecule has 0 saturated carbocycles. The normalized spacial score (nSPS) is 10.7. The highest BCUT2D eigenvalue weighted by Gasteiger charge is 2.09. The van der Waals surface area contributed by atoms with Gasteiger partial charge in [0.25, 0.3) is 0 Å². The minimum absolute atomic E-state index is 0.134. The fourth-order valence-corrected chi connectivity index (χ4v) is 2.51. The van der Waals surface area contributed by atoms with Gasteiger partial charge in [0.2, 0.25) is 5.75 Å². The number of benzene rings is 1. The lowest BCUT2D eigenvalue weighted by Gasteiger charge is -2.12. The number of aromatic hydroxyl groups is 1. The van der Waals surface area contributed by atoms with E-state index in [2.05, 4.69) is 13.8 Å². The van der Waals surface area contributed by atoms with Crippen LogP contribution in [0.3, 0.4) is 0 Å². The number of phenolic OH excluding ortho intramolecular Hbond substituents is 1. The van der Waals surface area contributed by atoms with E-state index in [1.165, 1.54) is 51.4 Å². The van der Waals surface area contributed by atoms with E-state index < -0.39 is 0 Å². The Morgan fingerprint density at radius 1 is 0.696 bits per heavy atom. The quantitative estimate of drug-likeness (QED) is 0.421. The van der Waals surface area contributed by atoms with Crippen LogP contribution in [-0.2, 0) is 0 Å². The van der Waals surface area contributed by atoms with Crippen molar-refractivity contribution in [2.24, 2.45) is 0 Å². The van der Waals surface area contributed by atoms with Crippen molar-refractivity contribution in [3.8, 4) is 17.2 Å². The number of phenols is 1. The summed E-state index contributed by atoms with van der Waals surface area (Å²) >= 11 is 0. The monoisotopic (exact) mass is 322 g/mol. The zero-order chi connectivity index (χ0) is 16.8. The van der Waals surface area contributed by atoms with Gasteiger partial charge in [-0.25, -0.2) is 0 Å². The molecule has 1 rings (SSSR count). The predicted molar refractivity (Wildman–Crippen MR) is 96.6 cm³/mol. The number of para-hydroxylation sites is 1. The maximum absolute atomic E-state index is 10.2. The van der Waals surface area contributed by atoms with Crippen LogP contribution in [0.5, 0.6) is 17.2 Å². The molecule has 0 fully saturated rings. The number of hydrogen-bond donors (Lipinski definition) is 1. The standard InChI is InChI=1S/C20H34O3/c1-3-5-7-9-11-16-22-18-14-13-15-19(20(18)21)23-17-12-10-8-6-4-2/h13-15,21H,3-12,16-17H2,1-2H3. The average Bonchev–Trinajstić information content (AvgIpc) is 2.56. The van der Waals surface area contributed by atoms with Crippen LogP contribution >= 0.6 is 0 Å². The Balaban J connectivity index is 2.27. The highest BCUT2D eigenvalue weighted by molar-refractivity contribution is 5.49. The molecular weight excluding hydrogens is 288 g/mol. The molecule has 0 aliphatic carbocycles. The van der Waals surface area contributed by atoms with Crippen molar-refractivity contribution in [3.05, 3.63) is 18.2 Å². The molecule has 1 aromatic carbocycles. The van der Waals surface area contributed by atoms with Gasteiger partial charge in [-0.3, -0.25) is 0 Å². The molecule has 0 aliphatic heterocycles. The smallest absolute Gasteiger partial charge is 0.200 e. The summed E-state index contributed by atoms with van der Waals surface area (Å²) < 4.78 is 11.4. The minimum Gasteiger partial charge on any atom is -0.502 e. The number of unbranched alkanes of at least 4 members (excludes halogenated alkanes) is 8. The second-order valence-corrected chi connectivity index (χ2v) is 6.13. The fourth-order valence-electron chi connectivity index (χ4n) is 2.51. The lowest BCUT2D eigenvalue weighted by Crippen LogP contribution is -2.00. The lowest BCUT2D eigenvalue weighted by atomic mass is 10.2. The van der Waals surface area contributed by atoms with Crippen molar-refractivity contribution in [1.29, 1.82) is 0 Å². The van der Waals surface area contributed by atoms with Gasteiger partial charge < -0.3 is 14.6 Å². The predicted octanol–water partition coefficient (Wildman–Crippen LogP) is 6.09. The van der Waals surface area contributed by atoms with E-state index >= 15 is 0 Å². The second kappa shape index (κ2) is 13.1. The van der Waals surface area contributed by atoms with Gasteiger partial charge in [-0.15, -0.1) is 0 Å². The summed E-state index contributed by atoms with van der Waals surface area (Å²) in [5.74, 6) is 1.20. The average molecular weight is 322 g/mol. The van der Waals surface area contributed by atoms with Crippen molar-refractivity contribution < 1.29 is 14.6 Å². The van der Waals surface area contributed by atoms with Crippen LogP contribution in [0.25, 0.3) is 0 Å². The summed E-state index contributed by atoms with van der Waals surface area (Å²) in [6.07, 6.45) is 12.0. The maximum atomic E-state index is 10.2. The van der Waals surface area contributed by atoms with E-state index in [-0.39, 0.29) is 5.75 Å². The fraction of sp³-hybridized carbons (Fsp3) is 0.700. The van der Waals surface area contributed by atoms with Gasteiger partial charge in [-0.1, -0.05) is 71.3 Å². The van der Waals surface area contributed by atoms with E-state index in [9.17, 15) is 5.11 Å². The van der Waals surface area contributed by atoms with Gasteiger partial charge in [0.05, 0.1) is 13.2 Å². The van der Waals surface area contributed by atoms with E-state index in [0.29, 0.717) is 24.7 Å². The van der Waals surface area contributed by atoms with Gasteiger partial charge in [0, 0.05) is 0 Å². The topological polar surface area (TPSA) is 38.7 Å². The summed E-state index contributed by atoms with van der Waals surface area (Å²) in [5.41, 5.74) is 0. The van der Waals surface area contributed by atoms with Crippen LogP contribution in [0.2, 0.25) is 0 Å². The Hall–Kier alpha value is -1.38. The molecule has 0 spiro atoms. The molecule has 0 unspecified atom stereocenters. The van der Waals surface area contributed by atoms with Crippen molar-refractivity contribution in [2.45, 2.75) is 78.1 Å². The summed E-state index contributed by atoms with van der Waals surface area (Å²) in [5, 5.41) is 10.2. The molecule has 0 atom stereocenters. The molecule has 3 heteroatoms. The Morgan fingerprint density at radius 3 is 1.57 bits per heavy atom. The second-order valence-electron chi connectivity index (χ2n) is 6.13. The van der Waals surface area contributed by atoms with E-state index in [4.69, 9.17) is 9.47 Å². The molecule has 132 valence electrons. The molecule has 0 amide bonds. The van der Waals surface area contributed by atoms with E-state index in [1.807, 2.05) is 6.07 Å². The van der Waals surface area contributed by atoms with Crippen molar-refractivity contribution in [3.63, 3.8) is 0 Å². The molecule has 0 saturated heterocycles. The Bertz CT molecular complexity index is 370. The van der Waals surface area contributed by atoms with Crippen molar-refractivity contribution >= 4 is 0 Å². The highest BCUT2D eigenvalue weighted by atomic mass is 16.5. The molecule has 0 bridgehead atoms. The summed E-state index contributed by atoms with van der Waals surface area (Å²) in [6, 6.07) is 5.48. The van der Waals surface area contributed by atoms with Gasteiger partial charge in [0.1, 0.15) is 0 Å². The summed E-state index contributed by atoms with van der Waals surface area (Å²) in [4.78, 5) is 0. The van der Waals surface area contributed by atoms with Gasteiger partial charge in [0.15, 0.2) is 11.5 Å². The Labute approximate surface area is 142 Å². The first kappa shape index (κ1) is 19.7. The zero-order valence-corrected chi connectivity index (χ0v) is 15.0. The highest BCUT2D eigenvalue weighted by Crippen LogP contribution is 2.35. The third kappa shape index (κ3) is 8.73. The summed E-state index contributed by atoms with van der Waals surface area (Å²) in [6.45, 7) is 5.73. The summed E-state index contributed by atoms with van der Waals surface area (Å²) in [7, 11) is 0. The molecule has 1 N–H and O–H groups in total. The van der Waals surface area contributed by atoms with Crippen LogP contribution in [0.15, 0.2) is 18.2 Å². The third-order valence-electron chi connectivity index (χ3n) is 3.97. The van der Waals surface area contributed by atoms with Crippen molar-refractivity contribution in [2.75, 3.05) is 13.2 Å². The Kier molecular flexibility index (Phi) is 11.2. The van der Waals surface area contributed by atoms with Crippen LogP contribution in [0, 0.1) is 0 Å². The molecule has 1 aromatic rings. The van der Waals surface area contributed by atoms with Gasteiger partial charge in [-0.2, -0.15) is 0 Å². The maximum Gasteiger partial charge on any atom is 0.200 e. The van der Waals surface area contributed by atoms with Gasteiger partial charge in [-0.05, 0) is 25.0 Å². The first-order valence-corrected chi connectivity index (χ1v) is 9.37. The van der Waals surface area contributed by atoms with Crippen molar-refractivity contribution in [1.82, 2.24) is 0 Å². The van der Waals surface area contributed by atoms with Crippen LogP contribution in [-0.4, -0.2) is 18.3 Å². The molecule has 23 heavy (non-hydrogen) atoms. The van der Waals surface area contributed by atoms with Gasteiger partial charge >= 0.3 is 0 Å². The molecule has 0 aromatic heterocycles. The number of hydrogen-bond acceptors (Lipinski definition) is 3. The SMILES string of the molecule is CCCCCCCOc1cccc(OCCCCCCC)c1O. The van der Waals surface area contributed by atoms with Crippen LogP contribution < -0.4 is 9.47 Å². The molecule has 0 heterocycles. The molecular formula is C20H34O3. The van der Waals surface area contributed by atoms with E-state index in [1.54, 1.807) is 12.1 Å². The van der Waals surface area contributed by atoms with Crippen LogP contribution in [0.1, 0.15) is 78.1 Å². The molecule has 0 radical (unpaired) electrons. The minimum atomic E-state index is 0.134. The molecule has 0 aliphatic rings. The lowest BCUT2D eigenvalue weighted by molar-refractivity contribution is 0.264.